The smallest absolute Gasteiger partial charge is 0.434 e. The number of fused-ring (bicyclic) bond motifs is 1. The highest BCUT2D eigenvalue weighted by Crippen LogP contribution is 2.41. The molecule has 4 aromatic rings. The molecule has 1 heterocycles. The molecule has 8 heteroatoms. The summed E-state index contributed by atoms with van der Waals surface area (Å²) in [7, 11) is 5.92. The summed E-state index contributed by atoms with van der Waals surface area (Å²) in [4.78, 5) is 3.95. The van der Waals surface area contributed by atoms with E-state index < -0.39 is 11.9 Å². The van der Waals surface area contributed by atoms with E-state index in [-0.39, 0.29) is 11.1 Å². The van der Waals surface area contributed by atoms with Gasteiger partial charge in [0.25, 0.3) is 0 Å². The molecule has 1 aromatic heterocycles. The van der Waals surface area contributed by atoms with Crippen molar-refractivity contribution in [3.63, 3.8) is 0 Å². The number of halogens is 3. The number of ether oxygens (including phenoxy) is 4. The summed E-state index contributed by atoms with van der Waals surface area (Å²) in [5, 5.41) is 0.523. The van der Waals surface area contributed by atoms with Gasteiger partial charge in [0.15, 0.2) is 28.7 Å². The first-order chi connectivity index (χ1) is 17.3. The van der Waals surface area contributed by atoms with Crippen molar-refractivity contribution in [2.24, 2.45) is 0 Å². The predicted octanol–water partition coefficient (Wildman–Crippen LogP) is 6.35. The number of aromatic nitrogens is 1. The fraction of sp³-hybridized carbons (Fsp3) is 0.179. The van der Waals surface area contributed by atoms with Gasteiger partial charge in [-0.15, -0.1) is 0 Å². The van der Waals surface area contributed by atoms with E-state index in [0.717, 1.165) is 0 Å². The summed E-state index contributed by atoms with van der Waals surface area (Å²) >= 11 is 0. The Morgan fingerprint density at radius 1 is 0.694 bits per heavy atom. The zero-order valence-corrected chi connectivity index (χ0v) is 20.0. The summed E-state index contributed by atoms with van der Waals surface area (Å²) < 4.78 is 64.0. The average molecular weight is 493 g/mol. The molecule has 0 aliphatic carbocycles. The lowest BCUT2D eigenvalue weighted by Gasteiger charge is -2.17. The zero-order valence-electron chi connectivity index (χ0n) is 20.0. The van der Waals surface area contributed by atoms with Crippen molar-refractivity contribution in [3.8, 4) is 46.0 Å². The molecule has 0 N–H and O–H groups in total. The van der Waals surface area contributed by atoms with E-state index in [9.17, 15) is 13.2 Å². The molecule has 0 radical (unpaired) electrons. The van der Waals surface area contributed by atoms with E-state index in [1.165, 1.54) is 28.4 Å². The lowest BCUT2D eigenvalue weighted by molar-refractivity contribution is -0.141. The second-order valence-corrected chi connectivity index (χ2v) is 7.61. The largest absolute Gasteiger partial charge is 0.493 e. The van der Waals surface area contributed by atoms with Crippen molar-refractivity contribution in [2.45, 2.75) is 6.18 Å². The van der Waals surface area contributed by atoms with Crippen LogP contribution in [0.25, 0.3) is 22.0 Å². The Morgan fingerprint density at radius 2 is 1.31 bits per heavy atom. The highest BCUT2D eigenvalue weighted by atomic mass is 19.4. The Balaban J connectivity index is 2.04. The van der Waals surface area contributed by atoms with Gasteiger partial charge in [-0.2, -0.15) is 13.2 Å². The molecule has 3 aromatic carbocycles. The molecule has 36 heavy (non-hydrogen) atoms. The molecule has 184 valence electrons. The number of rotatable bonds is 5. The molecular formula is C28H22F3NO4. The van der Waals surface area contributed by atoms with E-state index in [0.29, 0.717) is 45.1 Å². The highest BCUT2D eigenvalue weighted by Gasteiger charge is 2.37. The first kappa shape index (κ1) is 24.7. The van der Waals surface area contributed by atoms with E-state index in [4.69, 9.17) is 18.9 Å². The molecule has 0 bridgehead atoms. The molecule has 0 aliphatic heterocycles. The van der Waals surface area contributed by atoms with Crippen LogP contribution < -0.4 is 18.9 Å². The SMILES string of the molecule is COc1ccc(C#Cc2c(C(F)(F)F)nc3ccccc3c2-c2ccc(OC)c(OC)c2)cc1OC. The van der Waals surface area contributed by atoms with Crippen LogP contribution in [0.3, 0.4) is 0 Å². The molecule has 0 amide bonds. The summed E-state index contributed by atoms with van der Waals surface area (Å²) in [5.74, 6) is 7.32. The van der Waals surface area contributed by atoms with Gasteiger partial charge < -0.3 is 18.9 Å². The molecule has 0 unspecified atom stereocenters. The quantitative estimate of drug-likeness (QED) is 0.303. The molecule has 0 saturated carbocycles. The van der Waals surface area contributed by atoms with E-state index >= 15 is 0 Å². The maximum atomic E-state index is 14.3. The summed E-state index contributed by atoms with van der Waals surface area (Å²) in [6.45, 7) is 0. The van der Waals surface area contributed by atoms with Crippen molar-refractivity contribution in [3.05, 3.63) is 77.5 Å². The van der Waals surface area contributed by atoms with Crippen LogP contribution in [-0.4, -0.2) is 33.4 Å². The van der Waals surface area contributed by atoms with Crippen molar-refractivity contribution in [2.75, 3.05) is 28.4 Å². The van der Waals surface area contributed by atoms with Crippen molar-refractivity contribution in [1.29, 1.82) is 0 Å². The number of para-hydroxylation sites is 1. The van der Waals surface area contributed by atoms with Crippen LogP contribution in [0, 0.1) is 11.8 Å². The zero-order chi connectivity index (χ0) is 25.9. The Kier molecular flexibility index (Phi) is 6.93. The third-order valence-corrected chi connectivity index (χ3v) is 5.55. The average Bonchev–Trinajstić information content (AvgIpc) is 2.89. The van der Waals surface area contributed by atoms with Gasteiger partial charge in [-0.25, -0.2) is 4.98 Å². The molecule has 0 aliphatic rings. The van der Waals surface area contributed by atoms with Crippen LogP contribution in [-0.2, 0) is 6.18 Å². The van der Waals surface area contributed by atoms with E-state index in [2.05, 4.69) is 16.8 Å². The van der Waals surface area contributed by atoms with Crippen LogP contribution in [0.1, 0.15) is 16.8 Å². The number of benzene rings is 3. The van der Waals surface area contributed by atoms with Gasteiger partial charge in [-0.05, 0) is 42.0 Å². The Morgan fingerprint density at radius 3 is 1.94 bits per heavy atom. The Bertz CT molecular complexity index is 1490. The summed E-state index contributed by atoms with van der Waals surface area (Å²) in [6, 6.07) is 16.5. The van der Waals surface area contributed by atoms with Crippen molar-refractivity contribution < 1.29 is 32.1 Å². The number of hydrogen-bond donors (Lipinski definition) is 0. The summed E-state index contributed by atoms with van der Waals surface area (Å²) in [5.41, 5.74) is 0.107. The highest BCUT2D eigenvalue weighted by molar-refractivity contribution is 5.98. The number of hydrogen-bond acceptors (Lipinski definition) is 5. The van der Waals surface area contributed by atoms with Crippen LogP contribution in [0.4, 0.5) is 13.2 Å². The monoisotopic (exact) mass is 493 g/mol. The standard InChI is InChI=1S/C28H22F3NO4/c1-33-22-13-10-17(15-24(22)35-3)9-12-20-26(18-11-14-23(34-2)25(16-18)36-4)19-7-5-6-8-21(19)32-27(20)28(29,30)31/h5-8,10-11,13-16H,1-4H3. The third kappa shape index (κ3) is 4.73. The fourth-order valence-electron chi connectivity index (χ4n) is 3.88. The predicted molar refractivity (Wildman–Crippen MR) is 131 cm³/mol. The molecule has 5 nitrogen and oxygen atoms in total. The van der Waals surface area contributed by atoms with Gasteiger partial charge >= 0.3 is 6.18 Å². The molecular weight excluding hydrogens is 471 g/mol. The Hall–Kier alpha value is -4.38. The van der Waals surface area contributed by atoms with Gasteiger partial charge in [0.05, 0.1) is 39.5 Å². The minimum atomic E-state index is -4.74. The lowest BCUT2D eigenvalue weighted by atomic mass is 9.93. The van der Waals surface area contributed by atoms with Crippen LogP contribution in [0.2, 0.25) is 0 Å². The topological polar surface area (TPSA) is 49.8 Å². The molecule has 0 atom stereocenters. The minimum absolute atomic E-state index is 0.200. The lowest BCUT2D eigenvalue weighted by Crippen LogP contribution is -2.12. The van der Waals surface area contributed by atoms with Gasteiger partial charge in [0, 0.05) is 16.5 Å². The maximum absolute atomic E-state index is 14.3. The number of pyridine rings is 1. The second kappa shape index (κ2) is 10.1. The van der Waals surface area contributed by atoms with Crippen LogP contribution in [0.5, 0.6) is 23.0 Å². The first-order valence-corrected chi connectivity index (χ1v) is 10.8. The van der Waals surface area contributed by atoms with Crippen LogP contribution >= 0.6 is 0 Å². The molecule has 0 saturated heterocycles. The fourth-order valence-corrected chi connectivity index (χ4v) is 3.88. The second-order valence-electron chi connectivity index (χ2n) is 7.61. The number of nitrogens with zero attached hydrogens (tertiary/aromatic N) is 1. The maximum Gasteiger partial charge on any atom is 0.434 e. The van der Waals surface area contributed by atoms with Crippen molar-refractivity contribution >= 4 is 10.9 Å². The molecule has 0 fully saturated rings. The van der Waals surface area contributed by atoms with E-state index in [1.807, 2.05) is 0 Å². The molecule has 4 rings (SSSR count). The van der Waals surface area contributed by atoms with Crippen LogP contribution in [0.15, 0.2) is 60.7 Å². The number of alkyl halides is 3. The molecule has 0 spiro atoms. The van der Waals surface area contributed by atoms with Crippen molar-refractivity contribution in [1.82, 2.24) is 4.98 Å². The normalized spacial score (nSPS) is 11.0. The van der Waals surface area contributed by atoms with E-state index in [1.54, 1.807) is 60.7 Å². The number of methoxy groups -OCH3 is 4. The first-order valence-electron chi connectivity index (χ1n) is 10.8. The van der Waals surface area contributed by atoms with Gasteiger partial charge in [-0.3, -0.25) is 0 Å². The Labute approximate surface area is 206 Å². The third-order valence-electron chi connectivity index (χ3n) is 5.55. The van der Waals surface area contributed by atoms with Gasteiger partial charge in [0.1, 0.15) is 0 Å². The van der Waals surface area contributed by atoms with Gasteiger partial charge in [0.2, 0.25) is 0 Å². The van der Waals surface area contributed by atoms with Gasteiger partial charge in [-0.1, -0.05) is 36.1 Å². The minimum Gasteiger partial charge on any atom is -0.493 e. The summed E-state index contributed by atoms with van der Waals surface area (Å²) in [6.07, 6.45) is -4.74.